The molecule has 1 atom stereocenters. The van der Waals surface area contributed by atoms with Gasteiger partial charge in [0.15, 0.2) is 0 Å². The molecule has 0 bridgehead atoms. The van der Waals surface area contributed by atoms with Gasteiger partial charge in [-0.3, -0.25) is 4.79 Å². The zero-order valence-corrected chi connectivity index (χ0v) is 18.0. The zero-order chi connectivity index (χ0) is 22.1. The van der Waals surface area contributed by atoms with Crippen LogP contribution in [0.3, 0.4) is 0 Å². The summed E-state index contributed by atoms with van der Waals surface area (Å²) in [5, 5.41) is 3.23. The third kappa shape index (κ3) is 6.67. The topological polar surface area (TPSA) is 81.7 Å². The highest BCUT2D eigenvalue weighted by Gasteiger charge is 2.21. The summed E-state index contributed by atoms with van der Waals surface area (Å²) in [6.07, 6.45) is 0.328. The van der Waals surface area contributed by atoms with Crippen molar-refractivity contribution in [3.05, 3.63) is 96.1 Å². The van der Waals surface area contributed by atoms with E-state index in [-0.39, 0.29) is 23.2 Å². The van der Waals surface area contributed by atoms with Crippen LogP contribution in [0, 0.1) is 0 Å². The summed E-state index contributed by atoms with van der Waals surface area (Å²) in [6, 6.07) is 23.8. The van der Waals surface area contributed by atoms with Crippen LogP contribution in [0.4, 0.5) is 0 Å². The van der Waals surface area contributed by atoms with Crippen LogP contribution in [0.2, 0.25) is 0 Å². The highest BCUT2D eigenvalue weighted by molar-refractivity contribution is 7.87. The Balaban J connectivity index is 1.73. The molecule has 0 saturated heterocycles. The maximum absolute atomic E-state index is 12.5. The number of carbonyl (C=O) groups excluding carboxylic acids is 1. The van der Waals surface area contributed by atoms with E-state index in [0.29, 0.717) is 13.0 Å². The van der Waals surface area contributed by atoms with Gasteiger partial charge < -0.3 is 14.2 Å². The Bertz CT molecular complexity index is 1090. The van der Waals surface area contributed by atoms with Crippen LogP contribution in [0.25, 0.3) is 0 Å². The number of hydrogen-bond acceptors (Lipinski definition) is 6. The summed E-state index contributed by atoms with van der Waals surface area (Å²) < 4.78 is 35.4. The first kappa shape index (κ1) is 22.5. The van der Waals surface area contributed by atoms with E-state index in [9.17, 15) is 13.2 Å². The van der Waals surface area contributed by atoms with Crippen LogP contribution < -0.4 is 9.50 Å². The molecule has 162 valence electrons. The van der Waals surface area contributed by atoms with E-state index in [1.807, 2.05) is 36.4 Å². The predicted octanol–water partition coefficient (Wildman–Crippen LogP) is 3.72. The number of nitrogens with one attached hydrogen (secondary N) is 1. The minimum atomic E-state index is -3.94. The summed E-state index contributed by atoms with van der Waals surface area (Å²) in [7, 11) is -3.94. The fourth-order valence-corrected chi connectivity index (χ4v) is 3.98. The molecule has 0 fully saturated rings. The van der Waals surface area contributed by atoms with Crippen LogP contribution in [0.15, 0.2) is 89.8 Å². The number of hydrogen-bond donors (Lipinski definition) is 1. The van der Waals surface area contributed by atoms with Gasteiger partial charge in [0.05, 0.1) is 6.61 Å². The van der Waals surface area contributed by atoms with Crippen molar-refractivity contribution in [2.45, 2.75) is 30.8 Å². The molecule has 7 heteroatoms. The van der Waals surface area contributed by atoms with Crippen molar-refractivity contribution in [1.29, 1.82) is 0 Å². The SMILES string of the molecule is CCOC(=O)[C@H](Cc1cccc(OS(=O)(=O)c2ccccc2)c1)NCc1ccccc1. The van der Waals surface area contributed by atoms with E-state index in [0.717, 1.165) is 11.1 Å². The van der Waals surface area contributed by atoms with Crippen molar-refractivity contribution in [2.24, 2.45) is 0 Å². The Hall–Kier alpha value is -3.16. The lowest BCUT2D eigenvalue weighted by Crippen LogP contribution is -2.39. The first-order chi connectivity index (χ1) is 15.0. The van der Waals surface area contributed by atoms with Crippen LogP contribution in [0.1, 0.15) is 18.1 Å². The second-order valence-electron chi connectivity index (χ2n) is 6.87. The molecule has 0 amide bonds. The second kappa shape index (κ2) is 10.7. The molecular weight excluding hydrogens is 414 g/mol. The van der Waals surface area contributed by atoms with E-state index < -0.39 is 16.2 Å². The van der Waals surface area contributed by atoms with Crippen LogP contribution >= 0.6 is 0 Å². The molecule has 0 saturated carbocycles. The van der Waals surface area contributed by atoms with Crippen LogP contribution in [-0.4, -0.2) is 27.0 Å². The van der Waals surface area contributed by atoms with Gasteiger partial charge in [-0.1, -0.05) is 60.7 Å². The van der Waals surface area contributed by atoms with Crippen molar-refractivity contribution in [1.82, 2.24) is 5.32 Å². The molecule has 0 heterocycles. The average Bonchev–Trinajstić information content (AvgIpc) is 2.78. The highest BCUT2D eigenvalue weighted by atomic mass is 32.2. The molecule has 1 N–H and O–H groups in total. The molecule has 3 rings (SSSR count). The van der Waals surface area contributed by atoms with Gasteiger partial charge in [-0.2, -0.15) is 8.42 Å². The van der Waals surface area contributed by atoms with Crippen molar-refractivity contribution in [3.8, 4) is 5.75 Å². The standard InChI is InChI=1S/C24H25NO5S/c1-2-29-24(26)23(25-18-19-10-5-3-6-11-19)17-20-12-9-13-21(16-20)30-31(27,28)22-14-7-4-8-15-22/h3-16,23,25H,2,17-18H2,1H3/t23-/m0/s1. The Kier molecular flexibility index (Phi) is 7.81. The minimum absolute atomic E-state index is 0.0781. The molecule has 6 nitrogen and oxygen atoms in total. The quantitative estimate of drug-likeness (QED) is 0.383. The van der Waals surface area contributed by atoms with Gasteiger partial charge in [-0.25, -0.2) is 0 Å². The number of carbonyl (C=O) groups is 1. The molecule has 0 aliphatic carbocycles. The van der Waals surface area contributed by atoms with Gasteiger partial charge in [-0.15, -0.1) is 0 Å². The Labute approximate surface area is 183 Å². The molecule has 0 radical (unpaired) electrons. The van der Waals surface area contributed by atoms with Crippen LogP contribution in [0.5, 0.6) is 5.75 Å². The number of esters is 1. The number of rotatable bonds is 10. The fraction of sp³-hybridized carbons (Fsp3) is 0.208. The third-order valence-corrected chi connectivity index (χ3v) is 5.80. The maximum atomic E-state index is 12.5. The largest absolute Gasteiger partial charge is 0.465 e. The molecule has 0 unspecified atom stereocenters. The van der Waals surface area contributed by atoms with Gasteiger partial charge in [0.2, 0.25) is 0 Å². The molecule has 3 aromatic rings. The third-order valence-electron chi connectivity index (χ3n) is 4.54. The summed E-state index contributed by atoms with van der Waals surface area (Å²) in [5.41, 5.74) is 1.79. The number of benzene rings is 3. The van der Waals surface area contributed by atoms with E-state index in [1.54, 1.807) is 43.3 Å². The summed E-state index contributed by atoms with van der Waals surface area (Å²) in [4.78, 5) is 12.5. The zero-order valence-electron chi connectivity index (χ0n) is 17.2. The summed E-state index contributed by atoms with van der Waals surface area (Å²) >= 11 is 0. The molecule has 0 aromatic heterocycles. The molecule has 0 spiro atoms. The van der Waals surface area contributed by atoms with Gasteiger partial charge in [0.25, 0.3) is 0 Å². The maximum Gasteiger partial charge on any atom is 0.339 e. The van der Waals surface area contributed by atoms with E-state index in [2.05, 4.69) is 5.32 Å². The van der Waals surface area contributed by atoms with E-state index >= 15 is 0 Å². The lowest BCUT2D eigenvalue weighted by atomic mass is 10.1. The van der Waals surface area contributed by atoms with Crippen molar-refractivity contribution >= 4 is 16.1 Å². The Morgan fingerprint density at radius 1 is 0.903 bits per heavy atom. The monoisotopic (exact) mass is 439 g/mol. The normalized spacial score (nSPS) is 12.2. The smallest absolute Gasteiger partial charge is 0.339 e. The fourth-order valence-electron chi connectivity index (χ4n) is 3.04. The average molecular weight is 440 g/mol. The van der Waals surface area contributed by atoms with Crippen molar-refractivity contribution in [3.63, 3.8) is 0 Å². The van der Waals surface area contributed by atoms with Crippen molar-refractivity contribution in [2.75, 3.05) is 6.61 Å². The molecule has 0 aliphatic rings. The second-order valence-corrected chi connectivity index (χ2v) is 8.42. The van der Waals surface area contributed by atoms with Gasteiger partial charge in [-0.05, 0) is 48.7 Å². The number of ether oxygens (including phenoxy) is 1. The van der Waals surface area contributed by atoms with E-state index in [4.69, 9.17) is 8.92 Å². The van der Waals surface area contributed by atoms with Crippen molar-refractivity contribution < 1.29 is 22.1 Å². The molecule has 31 heavy (non-hydrogen) atoms. The molecular formula is C24H25NO5S. The minimum Gasteiger partial charge on any atom is -0.465 e. The Morgan fingerprint density at radius 3 is 2.23 bits per heavy atom. The lowest BCUT2D eigenvalue weighted by Gasteiger charge is -2.18. The summed E-state index contributed by atoms with van der Waals surface area (Å²) in [6.45, 7) is 2.54. The first-order valence-corrected chi connectivity index (χ1v) is 11.4. The first-order valence-electron chi connectivity index (χ1n) is 10.0. The lowest BCUT2D eigenvalue weighted by molar-refractivity contribution is -0.145. The van der Waals surface area contributed by atoms with Gasteiger partial charge in [0, 0.05) is 6.54 Å². The van der Waals surface area contributed by atoms with Gasteiger partial charge >= 0.3 is 16.1 Å². The molecule has 0 aliphatic heterocycles. The predicted molar refractivity (Wildman–Crippen MR) is 118 cm³/mol. The Morgan fingerprint density at radius 2 is 1.55 bits per heavy atom. The highest BCUT2D eigenvalue weighted by Crippen LogP contribution is 2.20. The molecule has 3 aromatic carbocycles. The summed E-state index contributed by atoms with van der Waals surface area (Å²) in [5.74, 6) is -0.173. The van der Waals surface area contributed by atoms with E-state index in [1.165, 1.54) is 12.1 Å². The van der Waals surface area contributed by atoms with Gasteiger partial charge in [0.1, 0.15) is 16.7 Å². The van der Waals surface area contributed by atoms with Crippen LogP contribution in [-0.2, 0) is 32.6 Å².